The summed E-state index contributed by atoms with van der Waals surface area (Å²) in [5.74, 6) is 0.810. The third-order valence-electron chi connectivity index (χ3n) is 3.00. The highest BCUT2D eigenvalue weighted by molar-refractivity contribution is 9.10. The first-order valence-corrected chi connectivity index (χ1v) is 7.70. The lowest BCUT2D eigenvalue weighted by molar-refractivity contribution is 0.387. The lowest BCUT2D eigenvalue weighted by Crippen LogP contribution is -2.29. The topological polar surface area (TPSA) is 12.0 Å². The molecular weight excluding hydrogens is 282 g/mol. The van der Waals surface area contributed by atoms with Gasteiger partial charge in [-0.15, -0.1) is 11.3 Å². The van der Waals surface area contributed by atoms with Crippen LogP contribution in [-0.2, 0) is 0 Å². The summed E-state index contributed by atoms with van der Waals surface area (Å²) in [5.41, 5.74) is 0. The van der Waals surface area contributed by atoms with E-state index in [0.717, 1.165) is 5.92 Å². The number of thiophene rings is 1. The van der Waals surface area contributed by atoms with Gasteiger partial charge in [0.05, 0.1) is 0 Å². The molecule has 92 valence electrons. The molecule has 1 rings (SSSR count). The second-order valence-corrected chi connectivity index (χ2v) is 6.56. The quantitative estimate of drug-likeness (QED) is 0.781. The zero-order chi connectivity index (χ0) is 12.1. The van der Waals surface area contributed by atoms with Crippen LogP contribution in [0.1, 0.15) is 51.5 Å². The predicted molar refractivity (Wildman–Crippen MR) is 77.1 cm³/mol. The third-order valence-corrected chi connectivity index (χ3v) is 4.88. The molecule has 3 unspecified atom stereocenters. The number of nitrogens with one attached hydrogen (secondary N) is 1. The molecular formula is C13H22BrNS. The fraction of sp³-hybridized carbons (Fsp3) is 0.692. The Morgan fingerprint density at radius 1 is 1.38 bits per heavy atom. The maximum Gasteiger partial charge on any atom is 0.0388 e. The van der Waals surface area contributed by atoms with Gasteiger partial charge in [0.15, 0.2) is 0 Å². The van der Waals surface area contributed by atoms with Gasteiger partial charge in [-0.1, -0.05) is 20.3 Å². The second-order valence-electron chi connectivity index (χ2n) is 4.71. The summed E-state index contributed by atoms with van der Waals surface area (Å²) in [7, 11) is 0. The highest BCUT2D eigenvalue weighted by Gasteiger charge is 2.13. The van der Waals surface area contributed by atoms with E-state index < -0.39 is 0 Å². The summed E-state index contributed by atoms with van der Waals surface area (Å²) < 4.78 is 1.19. The molecule has 0 saturated heterocycles. The van der Waals surface area contributed by atoms with Crippen LogP contribution in [0, 0.1) is 5.92 Å². The summed E-state index contributed by atoms with van der Waals surface area (Å²) >= 11 is 5.32. The number of hydrogen-bond acceptors (Lipinski definition) is 2. The molecule has 0 spiro atoms. The van der Waals surface area contributed by atoms with Gasteiger partial charge in [-0.2, -0.15) is 0 Å². The Bertz CT molecular complexity index is 311. The minimum atomic E-state index is 0.454. The highest BCUT2D eigenvalue weighted by Crippen LogP contribution is 2.26. The average molecular weight is 304 g/mol. The predicted octanol–water partition coefficient (Wildman–Crippen LogP) is 4.99. The molecule has 0 amide bonds. The van der Waals surface area contributed by atoms with Crippen LogP contribution in [0.25, 0.3) is 0 Å². The number of halogens is 1. The van der Waals surface area contributed by atoms with E-state index in [4.69, 9.17) is 0 Å². The summed E-state index contributed by atoms with van der Waals surface area (Å²) in [6.07, 6.45) is 2.53. The maximum atomic E-state index is 3.66. The fourth-order valence-electron chi connectivity index (χ4n) is 1.90. The Hall–Kier alpha value is 0.140. The van der Waals surface area contributed by atoms with Crippen molar-refractivity contribution in [2.24, 2.45) is 5.92 Å². The largest absolute Gasteiger partial charge is 0.307 e. The minimum absolute atomic E-state index is 0.454. The Kier molecular flexibility index (Phi) is 6.01. The monoisotopic (exact) mass is 303 g/mol. The van der Waals surface area contributed by atoms with Gasteiger partial charge in [-0.3, -0.25) is 0 Å². The number of rotatable bonds is 6. The molecule has 0 aromatic carbocycles. The Morgan fingerprint density at radius 3 is 2.56 bits per heavy atom. The molecule has 0 aliphatic heterocycles. The van der Waals surface area contributed by atoms with Gasteiger partial charge >= 0.3 is 0 Å². The van der Waals surface area contributed by atoms with Crippen molar-refractivity contribution in [3.8, 4) is 0 Å². The van der Waals surface area contributed by atoms with Crippen LogP contribution in [0.15, 0.2) is 15.9 Å². The van der Waals surface area contributed by atoms with Crippen LogP contribution in [0.5, 0.6) is 0 Å². The van der Waals surface area contributed by atoms with E-state index >= 15 is 0 Å². The molecule has 16 heavy (non-hydrogen) atoms. The maximum absolute atomic E-state index is 3.66. The van der Waals surface area contributed by atoms with Crippen molar-refractivity contribution in [2.75, 3.05) is 0 Å². The van der Waals surface area contributed by atoms with E-state index in [0.29, 0.717) is 12.1 Å². The fourth-order valence-corrected chi connectivity index (χ4v) is 3.36. The van der Waals surface area contributed by atoms with Gasteiger partial charge < -0.3 is 5.32 Å². The Labute approximate surface area is 112 Å². The lowest BCUT2D eigenvalue weighted by Gasteiger charge is -2.21. The van der Waals surface area contributed by atoms with Crippen molar-refractivity contribution in [1.82, 2.24) is 5.32 Å². The highest BCUT2D eigenvalue weighted by atomic mass is 79.9. The smallest absolute Gasteiger partial charge is 0.0388 e. The molecule has 3 atom stereocenters. The molecule has 0 fully saturated rings. The first-order chi connectivity index (χ1) is 7.52. The van der Waals surface area contributed by atoms with E-state index in [9.17, 15) is 0 Å². The van der Waals surface area contributed by atoms with E-state index in [1.54, 1.807) is 0 Å². The number of hydrogen-bond donors (Lipinski definition) is 1. The van der Waals surface area contributed by atoms with Gasteiger partial charge in [-0.05, 0) is 48.2 Å². The first kappa shape index (κ1) is 14.2. The van der Waals surface area contributed by atoms with Crippen molar-refractivity contribution in [3.63, 3.8) is 0 Å². The molecule has 0 aliphatic carbocycles. The Balaban J connectivity index is 2.42. The lowest BCUT2D eigenvalue weighted by atomic mass is 10.00. The van der Waals surface area contributed by atoms with Crippen molar-refractivity contribution in [2.45, 2.75) is 52.6 Å². The third kappa shape index (κ3) is 4.56. The SMILES string of the molecule is CCC(C)CC(C)NC(C)c1cc(Br)cs1. The molecule has 1 aromatic rings. The van der Waals surface area contributed by atoms with Crippen molar-refractivity contribution in [1.29, 1.82) is 0 Å². The zero-order valence-corrected chi connectivity index (χ0v) is 13.0. The molecule has 1 N–H and O–H groups in total. The standard InChI is InChI=1S/C13H22BrNS/c1-5-9(2)6-10(3)15-11(4)13-7-12(14)8-16-13/h7-11,15H,5-6H2,1-4H3. The summed E-state index contributed by atoms with van der Waals surface area (Å²) in [6.45, 7) is 9.11. The molecule has 3 heteroatoms. The zero-order valence-electron chi connectivity index (χ0n) is 10.6. The first-order valence-electron chi connectivity index (χ1n) is 6.02. The average Bonchev–Trinajstić information content (AvgIpc) is 2.64. The van der Waals surface area contributed by atoms with Gasteiger partial charge in [0, 0.05) is 26.8 Å². The molecule has 1 heterocycles. The molecule has 0 bridgehead atoms. The van der Waals surface area contributed by atoms with Crippen LogP contribution in [0.4, 0.5) is 0 Å². The van der Waals surface area contributed by atoms with Crippen LogP contribution < -0.4 is 5.32 Å². The molecule has 1 aromatic heterocycles. The van der Waals surface area contributed by atoms with Crippen LogP contribution >= 0.6 is 27.3 Å². The summed E-state index contributed by atoms with van der Waals surface area (Å²) in [4.78, 5) is 1.41. The van der Waals surface area contributed by atoms with E-state index in [1.807, 2.05) is 11.3 Å². The van der Waals surface area contributed by atoms with Gasteiger partial charge in [-0.25, -0.2) is 0 Å². The molecule has 0 saturated carbocycles. The van der Waals surface area contributed by atoms with Crippen molar-refractivity contribution >= 4 is 27.3 Å². The van der Waals surface area contributed by atoms with Crippen LogP contribution in [-0.4, -0.2) is 6.04 Å². The van der Waals surface area contributed by atoms with E-state index in [-0.39, 0.29) is 0 Å². The van der Waals surface area contributed by atoms with Gasteiger partial charge in [0.1, 0.15) is 0 Å². The van der Waals surface area contributed by atoms with Gasteiger partial charge in [0.2, 0.25) is 0 Å². The van der Waals surface area contributed by atoms with Crippen LogP contribution in [0.3, 0.4) is 0 Å². The molecule has 1 nitrogen and oxygen atoms in total. The normalized spacial score (nSPS) is 17.1. The van der Waals surface area contributed by atoms with Crippen molar-refractivity contribution in [3.05, 3.63) is 20.8 Å². The van der Waals surface area contributed by atoms with Gasteiger partial charge in [0.25, 0.3) is 0 Å². The second kappa shape index (κ2) is 6.77. The summed E-state index contributed by atoms with van der Waals surface area (Å²) in [6, 6.07) is 3.25. The summed E-state index contributed by atoms with van der Waals surface area (Å²) in [5, 5.41) is 5.81. The minimum Gasteiger partial charge on any atom is -0.307 e. The van der Waals surface area contributed by atoms with Crippen molar-refractivity contribution < 1.29 is 0 Å². The molecule has 0 aliphatic rings. The van der Waals surface area contributed by atoms with E-state index in [1.165, 1.54) is 22.2 Å². The van der Waals surface area contributed by atoms with E-state index in [2.05, 4.69) is 60.4 Å². The molecule has 0 radical (unpaired) electrons. The van der Waals surface area contributed by atoms with Crippen LogP contribution in [0.2, 0.25) is 0 Å². The Morgan fingerprint density at radius 2 is 2.06 bits per heavy atom.